The molecule has 1 aliphatic heterocycles. The highest BCUT2D eigenvalue weighted by molar-refractivity contribution is 5.81. The summed E-state index contributed by atoms with van der Waals surface area (Å²) in [6.07, 6.45) is 4.12. The maximum atomic E-state index is 11.9. The SMILES string of the molecule is CCN1C(=O)CC[C@H](C(=O)O)[C@H]1c1cnn(C)c1. The highest BCUT2D eigenvalue weighted by Gasteiger charge is 2.40. The molecule has 0 unspecified atom stereocenters. The molecule has 2 rings (SSSR count). The number of amides is 1. The van der Waals surface area contributed by atoms with E-state index in [2.05, 4.69) is 5.10 Å². The average Bonchev–Trinajstić information content (AvgIpc) is 2.74. The normalized spacial score (nSPS) is 24.3. The van der Waals surface area contributed by atoms with Crippen molar-refractivity contribution >= 4 is 11.9 Å². The summed E-state index contributed by atoms with van der Waals surface area (Å²) in [5.41, 5.74) is 0.791. The number of hydrogen-bond donors (Lipinski definition) is 1. The van der Waals surface area contributed by atoms with Crippen LogP contribution in [0.3, 0.4) is 0 Å². The number of aromatic nitrogens is 2. The minimum atomic E-state index is -0.852. The molecular weight excluding hydrogens is 234 g/mol. The molecular formula is C12H17N3O3. The standard InChI is InChI=1S/C12H17N3O3/c1-3-15-10(16)5-4-9(12(17)18)11(15)8-6-13-14(2)7-8/h6-7,9,11H,3-5H2,1-2H3,(H,17,18)/t9-,11+/m0/s1. The van der Waals surface area contributed by atoms with E-state index in [0.717, 1.165) is 5.56 Å². The Morgan fingerprint density at radius 3 is 2.83 bits per heavy atom. The first kappa shape index (κ1) is 12.6. The van der Waals surface area contributed by atoms with Crippen LogP contribution < -0.4 is 0 Å². The fourth-order valence-corrected chi connectivity index (χ4v) is 2.59. The third-order valence-electron chi connectivity index (χ3n) is 3.43. The van der Waals surface area contributed by atoms with Gasteiger partial charge in [0, 0.05) is 31.8 Å². The second-order valence-electron chi connectivity index (χ2n) is 4.56. The van der Waals surface area contributed by atoms with Crippen molar-refractivity contribution in [3.8, 4) is 0 Å². The number of nitrogens with zero attached hydrogens (tertiary/aromatic N) is 3. The minimum absolute atomic E-state index is 0.0175. The van der Waals surface area contributed by atoms with Crippen molar-refractivity contribution in [3.05, 3.63) is 18.0 Å². The van der Waals surface area contributed by atoms with Gasteiger partial charge in [-0.3, -0.25) is 14.3 Å². The molecule has 98 valence electrons. The number of rotatable bonds is 3. The second kappa shape index (κ2) is 4.80. The molecule has 1 fully saturated rings. The molecule has 1 aromatic heterocycles. The fraction of sp³-hybridized carbons (Fsp3) is 0.583. The van der Waals surface area contributed by atoms with Crippen LogP contribution in [0.1, 0.15) is 31.4 Å². The molecule has 6 nitrogen and oxygen atoms in total. The van der Waals surface area contributed by atoms with Crippen LogP contribution in [0.15, 0.2) is 12.4 Å². The van der Waals surface area contributed by atoms with Crippen molar-refractivity contribution in [1.82, 2.24) is 14.7 Å². The van der Waals surface area contributed by atoms with Gasteiger partial charge in [0.2, 0.25) is 5.91 Å². The number of aliphatic carboxylic acids is 1. The Bertz CT molecular complexity index is 467. The van der Waals surface area contributed by atoms with Crippen molar-refractivity contribution in [1.29, 1.82) is 0 Å². The molecule has 0 radical (unpaired) electrons. The van der Waals surface area contributed by atoms with Gasteiger partial charge in [0.25, 0.3) is 0 Å². The summed E-state index contributed by atoms with van der Waals surface area (Å²) in [5, 5.41) is 13.4. The van der Waals surface area contributed by atoms with Gasteiger partial charge in [-0.05, 0) is 13.3 Å². The number of carbonyl (C=O) groups is 2. The summed E-state index contributed by atoms with van der Waals surface area (Å²) in [5.74, 6) is -1.38. The van der Waals surface area contributed by atoms with E-state index < -0.39 is 17.9 Å². The zero-order chi connectivity index (χ0) is 13.3. The van der Waals surface area contributed by atoms with E-state index in [1.165, 1.54) is 0 Å². The monoisotopic (exact) mass is 251 g/mol. The lowest BCUT2D eigenvalue weighted by molar-refractivity contribution is -0.151. The summed E-state index contributed by atoms with van der Waals surface area (Å²) in [4.78, 5) is 24.9. The van der Waals surface area contributed by atoms with Gasteiger partial charge in [-0.2, -0.15) is 5.10 Å². The molecule has 1 aromatic rings. The molecule has 1 N–H and O–H groups in total. The molecule has 0 saturated carbocycles. The van der Waals surface area contributed by atoms with E-state index in [1.54, 1.807) is 29.0 Å². The summed E-state index contributed by atoms with van der Waals surface area (Å²) >= 11 is 0. The van der Waals surface area contributed by atoms with Crippen LogP contribution in [0.4, 0.5) is 0 Å². The number of carboxylic acids is 1. The van der Waals surface area contributed by atoms with Gasteiger partial charge in [0.05, 0.1) is 18.2 Å². The first-order chi connectivity index (χ1) is 8.54. The van der Waals surface area contributed by atoms with Gasteiger partial charge >= 0.3 is 5.97 Å². The summed E-state index contributed by atoms with van der Waals surface area (Å²) in [7, 11) is 1.78. The van der Waals surface area contributed by atoms with E-state index in [0.29, 0.717) is 19.4 Å². The molecule has 0 aliphatic carbocycles. The third-order valence-corrected chi connectivity index (χ3v) is 3.43. The van der Waals surface area contributed by atoms with E-state index in [1.807, 2.05) is 6.92 Å². The van der Waals surface area contributed by atoms with Gasteiger partial charge in [0.1, 0.15) is 0 Å². The molecule has 0 bridgehead atoms. The first-order valence-electron chi connectivity index (χ1n) is 6.05. The second-order valence-corrected chi connectivity index (χ2v) is 4.56. The van der Waals surface area contributed by atoms with Crippen molar-refractivity contribution < 1.29 is 14.7 Å². The number of hydrogen-bond acceptors (Lipinski definition) is 3. The number of piperidine rings is 1. The van der Waals surface area contributed by atoms with Crippen LogP contribution in [0.2, 0.25) is 0 Å². The average molecular weight is 251 g/mol. The number of carboxylic acid groups (broad SMARTS) is 1. The van der Waals surface area contributed by atoms with Crippen molar-refractivity contribution in [2.45, 2.75) is 25.8 Å². The highest BCUT2D eigenvalue weighted by atomic mass is 16.4. The van der Waals surface area contributed by atoms with Crippen LogP contribution in [0.25, 0.3) is 0 Å². The van der Waals surface area contributed by atoms with E-state index >= 15 is 0 Å². The van der Waals surface area contributed by atoms with E-state index in [9.17, 15) is 14.7 Å². The smallest absolute Gasteiger partial charge is 0.308 e. The molecule has 18 heavy (non-hydrogen) atoms. The Morgan fingerprint density at radius 2 is 2.33 bits per heavy atom. The zero-order valence-electron chi connectivity index (χ0n) is 10.5. The fourth-order valence-electron chi connectivity index (χ4n) is 2.59. The quantitative estimate of drug-likeness (QED) is 0.862. The van der Waals surface area contributed by atoms with Crippen LogP contribution in [-0.2, 0) is 16.6 Å². The molecule has 1 amide bonds. The Morgan fingerprint density at radius 1 is 1.61 bits per heavy atom. The molecule has 0 spiro atoms. The lowest BCUT2D eigenvalue weighted by Crippen LogP contribution is -2.45. The Labute approximate surface area is 105 Å². The zero-order valence-corrected chi connectivity index (χ0v) is 10.5. The predicted molar refractivity (Wildman–Crippen MR) is 63.7 cm³/mol. The Balaban J connectivity index is 2.39. The Kier molecular flexibility index (Phi) is 3.36. The van der Waals surface area contributed by atoms with Crippen LogP contribution in [-0.4, -0.2) is 38.2 Å². The molecule has 1 aliphatic rings. The Hall–Kier alpha value is -1.85. The maximum Gasteiger partial charge on any atom is 0.308 e. The van der Waals surface area contributed by atoms with Crippen molar-refractivity contribution in [2.24, 2.45) is 13.0 Å². The van der Waals surface area contributed by atoms with Gasteiger partial charge in [-0.1, -0.05) is 0 Å². The number of aryl methyl sites for hydroxylation is 1. The minimum Gasteiger partial charge on any atom is -0.481 e. The van der Waals surface area contributed by atoms with Crippen LogP contribution in [0.5, 0.6) is 0 Å². The maximum absolute atomic E-state index is 11.9. The van der Waals surface area contributed by atoms with Gasteiger partial charge in [0.15, 0.2) is 0 Å². The number of likely N-dealkylation sites (tertiary alicyclic amines) is 1. The van der Waals surface area contributed by atoms with Crippen LogP contribution in [0, 0.1) is 5.92 Å². The number of carbonyl (C=O) groups excluding carboxylic acids is 1. The lowest BCUT2D eigenvalue weighted by atomic mass is 9.85. The molecule has 2 heterocycles. The topological polar surface area (TPSA) is 75.4 Å². The third kappa shape index (κ3) is 2.10. The van der Waals surface area contributed by atoms with Crippen molar-refractivity contribution in [2.75, 3.05) is 6.54 Å². The lowest BCUT2D eigenvalue weighted by Gasteiger charge is -2.38. The van der Waals surface area contributed by atoms with Gasteiger partial charge < -0.3 is 10.0 Å². The predicted octanol–water partition coefficient (Wildman–Crippen LogP) is 0.804. The van der Waals surface area contributed by atoms with E-state index in [-0.39, 0.29) is 5.91 Å². The molecule has 2 atom stereocenters. The first-order valence-corrected chi connectivity index (χ1v) is 6.05. The highest BCUT2D eigenvalue weighted by Crippen LogP contribution is 2.36. The van der Waals surface area contributed by atoms with Crippen molar-refractivity contribution in [3.63, 3.8) is 0 Å². The molecule has 1 saturated heterocycles. The summed E-state index contributed by atoms with van der Waals surface area (Å²) < 4.78 is 1.63. The summed E-state index contributed by atoms with van der Waals surface area (Å²) in [6, 6.07) is -0.401. The molecule has 0 aromatic carbocycles. The van der Waals surface area contributed by atoms with Gasteiger partial charge in [-0.25, -0.2) is 0 Å². The van der Waals surface area contributed by atoms with Gasteiger partial charge in [-0.15, -0.1) is 0 Å². The summed E-state index contributed by atoms with van der Waals surface area (Å²) in [6.45, 7) is 2.38. The molecule has 6 heteroatoms. The van der Waals surface area contributed by atoms with E-state index in [4.69, 9.17) is 0 Å². The largest absolute Gasteiger partial charge is 0.481 e. The van der Waals surface area contributed by atoms with Crippen LogP contribution >= 0.6 is 0 Å².